The fraction of sp³-hybridized carbons (Fsp3) is 0.222. The van der Waals surface area contributed by atoms with Crippen molar-refractivity contribution in [1.29, 1.82) is 0 Å². The van der Waals surface area contributed by atoms with E-state index < -0.39 is 0 Å². The van der Waals surface area contributed by atoms with Crippen molar-refractivity contribution in [3.8, 4) is 0 Å². The van der Waals surface area contributed by atoms with Gasteiger partial charge in [-0.1, -0.05) is 53.6 Å². The zero-order valence-corrected chi connectivity index (χ0v) is 19.3. The van der Waals surface area contributed by atoms with Gasteiger partial charge in [0.25, 0.3) is 0 Å². The van der Waals surface area contributed by atoms with Crippen molar-refractivity contribution < 1.29 is 4.79 Å². The van der Waals surface area contributed by atoms with Crippen molar-refractivity contribution in [2.24, 2.45) is 0 Å². The topological polar surface area (TPSA) is 48.1 Å². The van der Waals surface area contributed by atoms with Crippen LogP contribution >= 0.6 is 11.6 Å². The predicted molar refractivity (Wildman–Crippen MR) is 132 cm³/mol. The van der Waals surface area contributed by atoms with E-state index in [1.807, 2.05) is 42.2 Å². The molecule has 4 aromatic rings. The van der Waals surface area contributed by atoms with E-state index in [-0.39, 0.29) is 12.1 Å². The number of rotatable bonds is 2. The maximum absolute atomic E-state index is 13.5. The van der Waals surface area contributed by atoms with Gasteiger partial charge < -0.3 is 15.2 Å². The van der Waals surface area contributed by atoms with Crippen LogP contribution in [0.25, 0.3) is 10.9 Å². The first-order chi connectivity index (χ1) is 15.4. The van der Waals surface area contributed by atoms with Gasteiger partial charge in [0.2, 0.25) is 0 Å². The molecule has 3 aromatic carbocycles. The number of H-pyrrole nitrogens is 1. The molecule has 0 spiro atoms. The number of benzene rings is 3. The molecule has 0 radical (unpaired) electrons. The van der Waals surface area contributed by atoms with Crippen molar-refractivity contribution >= 4 is 34.2 Å². The highest BCUT2D eigenvalue weighted by Crippen LogP contribution is 2.39. The minimum absolute atomic E-state index is 0.0911. The molecule has 32 heavy (non-hydrogen) atoms. The lowest BCUT2D eigenvalue weighted by Crippen LogP contribution is -2.43. The standard InChI is InChI=1S/C27H26ClN3O/c1-16-7-9-19(10-8-16)26-25-21(22-15-20(28)11-12-24(22)29-25)13-14-31(26)27(32)30-23-6-4-5-17(2)18(23)3/h4-12,15,26,29H,13-14H2,1-3H3,(H,30,32)/t26-/m0/s1. The van der Waals surface area contributed by atoms with Crippen molar-refractivity contribution in [1.82, 2.24) is 9.88 Å². The van der Waals surface area contributed by atoms with E-state index in [0.29, 0.717) is 6.54 Å². The molecular weight excluding hydrogens is 418 g/mol. The molecule has 2 amide bonds. The summed E-state index contributed by atoms with van der Waals surface area (Å²) in [6, 6.07) is 20.1. The summed E-state index contributed by atoms with van der Waals surface area (Å²) < 4.78 is 0. The number of aryl methyl sites for hydroxylation is 2. The summed E-state index contributed by atoms with van der Waals surface area (Å²) in [6.07, 6.45) is 0.776. The molecule has 0 fully saturated rings. The van der Waals surface area contributed by atoms with Gasteiger partial charge in [-0.25, -0.2) is 4.79 Å². The number of hydrogen-bond acceptors (Lipinski definition) is 1. The maximum atomic E-state index is 13.5. The summed E-state index contributed by atoms with van der Waals surface area (Å²) in [7, 11) is 0. The Bertz CT molecular complexity index is 1320. The number of carbonyl (C=O) groups excluding carboxylic acids is 1. The van der Waals surface area contributed by atoms with Crippen LogP contribution in [0.3, 0.4) is 0 Å². The normalized spacial score (nSPS) is 15.6. The summed E-state index contributed by atoms with van der Waals surface area (Å²) >= 11 is 6.30. The highest BCUT2D eigenvalue weighted by atomic mass is 35.5. The number of carbonyl (C=O) groups is 1. The molecule has 1 aromatic heterocycles. The molecule has 1 atom stereocenters. The number of amides is 2. The lowest BCUT2D eigenvalue weighted by Gasteiger charge is -2.36. The largest absolute Gasteiger partial charge is 0.356 e. The van der Waals surface area contributed by atoms with Crippen LogP contribution in [0.5, 0.6) is 0 Å². The second-order valence-electron chi connectivity index (χ2n) is 8.64. The Labute approximate surface area is 193 Å². The van der Waals surface area contributed by atoms with Crippen molar-refractivity contribution in [2.45, 2.75) is 33.2 Å². The number of hydrogen-bond donors (Lipinski definition) is 2. The van der Waals surface area contributed by atoms with Gasteiger partial charge >= 0.3 is 6.03 Å². The Morgan fingerprint density at radius 2 is 1.84 bits per heavy atom. The maximum Gasteiger partial charge on any atom is 0.322 e. The second-order valence-corrected chi connectivity index (χ2v) is 9.08. The number of halogens is 1. The molecule has 2 N–H and O–H groups in total. The van der Waals surface area contributed by atoms with Gasteiger partial charge in [0.05, 0.1) is 6.04 Å². The summed E-state index contributed by atoms with van der Waals surface area (Å²) in [6.45, 7) is 6.80. The van der Waals surface area contributed by atoms with Crippen molar-refractivity contribution in [3.63, 3.8) is 0 Å². The lowest BCUT2D eigenvalue weighted by atomic mass is 9.92. The molecule has 1 aliphatic rings. The molecular formula is C27H26ClN3O. The van der Waals surface area contributed by atoms with Gasteiger partial charge in [-0.3, -0.25) is 0 Å². The first-order valence-corrected chi connectivity index (χ1v) is 11.3. The summed E-state index contributed by atoms with van der Waals surface area (Å²) in [5, 5.41) is 5.02. The Balaban J connectivity index is 1.59. The zero-order valence-electron chi connectivity index (χ0n) is 18.5. The Morgan fingerprint density at radius 3 is 2.62 bits per heavy atom. The van der Waals surface area contributed by atoms with Gasteiger partial charge in [0.1, 0.15) is 0 Å². The number of aromatic nitrogens is 1. The minimum atomic E-state index is -0.198. The number of urea groups is 1. The fourth-order valence-electron chi connectivity index (χ4n) is 4.65. The van der Waals surface area contributed by atoms with Gasteiger partial charge in [-0.05, 0) is 73.7 Å². The van der Waals surface area contributed by atoms with Gasteiger partial charge in [0.15, 0.2) is 0 Å². The van der Waals surface area contributed by atoms with Crippen LogP contribution in [0.2, 0.25) is 5.02 Å². The summed E-state index contributed by atoms with van der Waals surface area (Å²) in [5.74, 6) is 0. The van der Waals surface area contributed by atoms with Crippen molar-refractivity contribution in [2.75, 3.05) is 11.9 Å². The molecule has 4 nitrogen and oxygen atoms in total. The van der Waals surface area contributed by atoms with Crippen LogP contribution in [0, 0.1) is 20.8 Å². The van der Waals surface area contributed by atoms with Crippen molar-refractivity contribution in [3.05, 3.63) is 99.2 Å². The first-order valence-electron chi connectivity index (χ1n) is 10.9. The molecule has 5 heteroatoms. The van der Waals surface area contributed by atoms with E-state index in [2.05, 4.69) is 54.5 Å². The molecule has 0 bridgehead atoms. The van der Waals surface area contributed by atoms with Gasteiger partial charge in [-0.2, -0.15) is 0 Å². The molecule has 0 aliphatic carbocycles. The summed E-state index contributed by atoms with van der Waals surface area (Å²) in [5.41, 5.74) is 8.74. The smallest absolute Gasteiger partial charge is 0.322 e. The van der Waals surface area contributed by atoms with E-state index in [1.54, 1.807) is 0 Å². The van der Waals surface area contributed by atoms with Crippen LogP contribution in [0.1, 0.15) is 39.6 Å². The molecule has 0 saturated heterocycles. The summed E-state index contributed by atoms with van der Waals surface area (Å²) in [4.78, 5) is 19.1. The molecule has 162 valence electrons. The third-order valence-electron chi connectivity index (χ3n) is 6.59. The third-order valence-corrected chi connectivity index (χ3v) is 6.82. The highest BCUT2D eigenvalue weighted by molar-refractivity contribution is 6.31. The van der Waals surface area contributed by atoms with Crippen LogP contribution in [-0.4, -0.2) is 22.5 Å². The number of anilines is 1. The SMILES string of the molecule is Cc1ccc([C@H]2c3[nH]c4ccc(Cl)cc4c3CCN2C(=O)Nc2cccc(C)c2C)cc1. The zero-order chi connectivity index (χ0) is 22.4. The van der Waals surface area contributed by atoms with E-state index in [0.717, 1.165) is 50.4 Å². The predicted octanol–water partition coefficient (Wildman–Crippen LogP) is 6.93. The van der Waals surface area contributed by atoms with Crippen LogP contribution in [0.4, 0.5) is 10.5 Å². The highest BCUT2D eigenvalue weighted by Gasteiger charge is 2.34. The minimum Gasteiger partial charge on any atom is -0.356 e. The second kappa shape index (κ2) is 8.03. The third kappa shape index (κ3) is 3.55. The Kier molecular flexibility index (Phi) is 5.18. The van der Waals surface area contributed by atoms with E-state index in [4.69, 9.17) is 11.6 Å². The molecule has 1 aliphatic heterocycles. The number of nitrogens with zero attached hydrogens (tertiary/aromatic N) is 1. The van der Waals surface area contributed by atoms with Crippen LogP contribution in [-0.2, 0) is 6.42 Å². The number of fused-ring (bicyclic) bond motifs is 3. The van der Waals surface area contributed by atoms with E-state index >= 15 is 0 Å². The Morgan fingerprint density at radius 1 is 1.06 bits per heavy atom. The fourth-order valence-corrected chi connectivity index (χ4v) is 4.82. The average molecular weight is 444 g/mol. The number of nitrogens with one attached hydrogen (secondary N) is 2. The van der Waals surface area contributed by atoms with Crippen LogP contribution < -0.4 is 5.32 Å². The van der Waals surface area contributed by atoms with E-state index in [1.165, 1.54) is 11.1 Å². The van der Waals surface area contributed by atoms with E-state index in [9.17, 15) is 4.79 Å². The molecule has 2 heterocycles. The molecule has 0 unspecified atom stereocenters. The van der Waals surface area contributed by atoms with Gasteiger partial charge in [0, 0.05) is 33.9 Å². The average Bonchev–Trinajstić information content (AvgIpc) is 3.15. The molecule has 5 rings (SSSR count). The quantitative estimate of drug-likeness (QED) is 0.347. The first kappa shape index (κ1) is 20.7. The Hall–Kier alpha value is -3.24. The lowest BCUT2D eigenvalue weighted by molar-refractivity contribution is 0.193. The monoisotopic (exact) mass is 443 g/mol. The molecule has 0 saturated carbocycles. The van der Waals surface area contributed by atoms with Gasteiger partial charge in [-0.15, -0.1) is 0 Å². The number of aromatic amines is 1. The van der Waals surface area contributed by atoms with Crippen LogP contribution in [0.15, 0.2) is 60.7 Å².